The van der Waals surface area contributed by atoms with Gasteiger partial charge in [0, 0.05) is 30.9 Å². The Balaban J connectivity index is 1.45. The summed E-state index contributed by atoms with van der Waals surface area (Å²) in [5.74, 6) is 0.625. The number of aromatic nitrogens is 2. The number of ether oxygens (including phenoxy) is 1. The van der Waals surface area contributed by atoms with E-state index < -0.39 is 0 Å². The minimum atomic E-state index is -0.108. The quantitative estimate of drug-likeness (QED) is 0.683. The summed E-state index contributed by atoms with van der Waals surface area (Å²) in [6.45, 7) is 1.49. The molecule has 5 heteroatoms. The average molecular weight is 309 g/mol. The van der Waals surface area contributed by atoms with Crippen LogP contribution in [-0.4, -0.2) is 28.6 Å². The van der Waals surface area contributed by atoms with Crippen LogP contribution in [0.2, 0.25) is 0 Å². The number of amides is 1. The lowest BCUT2D eigenvalue weighted by molar-refractivity contribution is -0.123. The van der Waals surface area contributed by atoms with Crippen LogP contribution in [-0.2, 0) is 11.3 Å². The topological polar surface area (TPSA) is 56.1 Å². The Morgan fingerprint density at radius 1 is 1.17 bits per heavy atom. The molecule has 0 saturated heterocycles. The molecule has 0 saturated carbocycles. The van der Waals surface area contributed by atoms with Gasteiger partial charge >= 0.3 is 0 Å². The standard InChI is InChI=1S/C18H19N3O2/c22-18(20-9-4-11-21-12-10-19-14-21)13-23-17-8-3-6-15-5-1-2-7-16(15)17/h1-3,5-8,10,12,14H,4,9,11,13H2,(H,20,22). The van der Waals surface area contributed by atoms with Crippen LogP contribution in [0.15, 0.2) is 61.2 Å². The van der Waals surface area contributed by atoms with Gasteiger partial charge in [-0.05, 0) is 17.9 Å². The number of carbonyl (C=O) groups is 1. The fourth-order valence-corrected chi connectivity index (χ4v) is 2.42. The maximum absolute atomic E-state index is 11.9. The van der Waals surface area contributed by atoms with Crippen LogP contribution < -0.4 is 10.1 Å². The van der Waals surface area contributed by atoms with E-state index in [1.165, 1.54) is 0 Å². The number of nitrogens with zero attached hydrogens (tertiary/aromatic N) is 2. The maximum atomic E-state index is 11.9. The molecule has 0 fully saturated rings. The van der Waals surface area contributed by atoms with Gasteiger partial charge in [-0.1, -0.05) is 36.4 Å². The lowest BCUT2D eigenvalue weighted by Gasteiger charge is -2.10. The fraction of sp³-hybridized carbons (Fsp3) is 0.222. The van der Waals surface area contributed by atoms with E-state index in [1.807, 2.05) is 53.2 Å². The van der Waals surface area contributed by atoms with Gasteiger partial charge in [0.25, 0.3) is 5.91 Å². The first-order valence-corrected chi connectivity index (χ1v) is 7.66. The monoisotopic (exact) mass is 309 g/mol. The van der Waals surface area contributed by atoms with Gasteiger partial charge in [0.1, 0.15) is 5.75 Å². The number of nitrogens with one attached hydrogen (secondary N) is 1. The van der Waals surface area contributed by atoms with Gasteiger partial charge in [0.05, 0.1) is 6.33 Å². The molecule has 3 rings (SSSR count). The van der Waals surface area contributed by atoms with Crippen LogP contribution in [0.5, 0.6) is 5.75 Å². The summed E-state index contributed by atoms with van der Waals surface area (Å²) in [5.41, 5.74) is 0. The van der Waals surface area contributed by atoms with Crippen molar-refractivity contribution in [2.45, 2.75) is 13.0 Å². The predicted molar refractivity (Wildman–Crippen MR) is 89.3 cm³/mol. The van der Waals surface area contributed by atoms with Crippen molar-refractivity contribution in [3.05, 3.63) is 61.2 Å². The average Bonchev–Trinajstić information content (AvgIpc) is 3.10. The maximum Gasteiger partial charge on any atom is 0.257 e. The highest BCUT2D eigenvalue weighted by molar-refractivity contribution is 5.88. The minimum Gasteiger partial charge on any atom is -0.483 e. The van der Waals surface area contributed by atoms with Crippen LogP contribution in [0.1, 0.15) is 6.42 Å². The highest BCUT2D eigenvalue weighted by Gasteiger charge is 2.05. The van der Waals surface area contributed by atoms with Crippen molar-refractivity contribution in [3.63, 3.8) is 0 Å². The SMILES string of the molecule is O=C(COc1cccc2ccccc12)NCCCn1ccnc1. The number of fused-ring (bicyclic) bond motifs is 1. The molecule has 0 spiro atoms. The first-order chi connectivity index (χ1) is 11.3. The molecule has 0 aliphatic rings. The Bertz CT molecular complexity index is 764. The van der Waals surface area contributed by atoms with E-state index in [9.17, 15) is 4.79 Å². The van der Waals surface area contributed by atoms with E-state index in [0.29, 0.717) is 6.54 Å². The molecule has 0 atom stereocenters. The van der Waals surface area contributed by atoms with Gasteiger partial charge in [-0.2, -0.15) is 0 Å². The van der Waals surface area contributed by atoms with Crippen molar-refractivity contribution in [1.82, 2.24) is 14.9 Å². The summed E-state index contributed by atoms with van der Waals surface area (Å²) in [7, 11) is 0. The van der Waals surface area contributed by atoms with Crippen molar-refractivity contribution in [3.8, 4) is 5.75 Å². The zero-order valence-corrected chi connectivity index (χ0v) is 12.8. The molecule has 0 bridgehead atoms. The van der Waals surface area contributed by atoms with E-state index in [0.717, 1.165) is 29.5 Å². The second kappa shape index (κ2) is 7.45. The van der Waals surface area contributed by atoms with Crippen LogP contribution in [0.4, 0.5) is 0 Å². The summed E-state index contributed by atoms with van der Waals surface area (Å²) in [4.78, 5) is 15.8. The third-order valence-electron chi connectivity index (χ3n) is 3.58. The molecule has 3 aromatic rings. The van der Waals surface area contributed by atoms with Crippen molar-refractivity contribution in [1.29, 1.82) is 0 Å². The lowest BCUT2D eigenvalue weighted by Crippen LogP contribution is -2.30. The Hall–Kier alpha value is -2.82. The number of hydrogen-bond acceptors (Lipinski definition) is 3. The van der Waals surface area contributed by atoms with Crippen molar-refractivity contribution in [2.75, 3.05) is 13.2 Å². The molecule has 118 valence electrons. The summed E-state index contributed by atoms with van der Waals surface area (Å²) in [5, 5.41) is 4.98. The zero-order valence-electron chi connectivity index (χ0n) is 12.8. The second-order valence-corrected chi connectivity index (χ2v) is 5.27. The second-order valence-electron chi connectivity index (χ2n) is 5.27. The van der Waals surface area contributed by atoms with E-state index in [4.69, 9.17) is 4.74 Å². The fourth-order valence-electron chi connectivity index (χ4n) is 2.42. The highest BCUT2D eigenvalue weighted by Crippen LogP contribution is 2.24. The van der Waals surface area contributed by atoms with Crippen LogP contribution in [0.3, 0.4) is 0 Å². The van der Waals surface area contributed by atoms with E-state index in [1.54, 1.807) is 12.5 Å². The number of benzene rings is 2. The summed E-state index contributed by atoms with van der Waals surface area (Å²) < 4.78 is 7.64. The van der Waals surface area contributed by atoms with Crippen LogP contribution in [0.25, 0.3) is 10.8 Å². The normalized spacial score (nSPS) is 10.6. The van der Waals surface area contributed by atoms with Gasteiger partial charge in [-0.15, -0.1) is 0 Å². The molecule has 2 aromatic carbocycles. The van der Waals surface area contributed by atoms with E-state index in [2.05, 4.69) is 10.3 Å². The van der Waals surface area contributed by atoms with Gasteiger partial charge in [0.15, 0.2) is 6.61 Å². The predicted octanol–water partition coefficient (Wildman–Crippen LogP) is 2.62. The molecular weight excluding hydrogens is 290 g/mol. The Kier molecular flexibility index (Phi) is 4.88. The van der Waals surface area contributed by atoms with Gasteiger partial charge < -0.3 is 14.6 Å². The van der Waals surface area contributed by atoms with Gasteiger partial charge in [0.2, 0.25) is 0 Å². The minimum absolute atomic E-state index is 0.0269. The molecule has 1 aromatic heterocycles. The Morgan fingerprint density at radius 2 is 2.04 bits per heavy atom. The molecule has 0 unspecified atom stereocenters. The lowest BCUT2D eigenvalue weighted by atomic mass is 10.1. The Labute approximate surface area is 134 Å². The smallest absolute Gasteiger partial charge is 0.257 e. The third-order valence-corrected chi connectivity index (χ3v) is 3.58. The van der Waals surface area contributed by atoms with Crippen LogP contribution in [0, 0.1) is 0 Å². The zero-order chi connectivity index (χ0) is 15.9. The van der Waals surface area contributed by atoms with Crippen LogP contribution >= 0.6 is 0 Å². The van der Waals surface area contributed by atoms with Crippen molar-refractivity contribution in [2.24, 2.45) is 0 Å². The number of imidazole rings is 1. The van der Waals surface area contributed by atoms with Gasteiger partial charge in [-0.3, -0.25) is 4.79 Å². The van der Waals surface area contributed by atoms with Crippen molar-refractivity contribution < 1.29 is 9.53 Å². The van der Waals surface area contributed by atoms with E-state index >= 15 is 0 Å². The van der Waals surface area contributed by atoms with Crippen molar-refractivity contribution >= 4 is 16.7 Å². The summed E-state index contributed by atoms with van der Waals surface area (Å²) in [6, 6.07) is 13.8. The molecule has 1 heterocycles. The van der Waals surface area contributed by atoms with Gasteiger partial charge in [-0.25, -0.2) is 4.98 Å². The molecule has 5 nitrogen and oxygen atoms in total. The molecule has 0 aliphatic carbocycles. The molecule has 1 amide bonds. The number of hydrogen-bond donors (Lipinski definition) is 1. The van der Waals surface area contributed by atoms with E-state index in [-0.39, 0.29) is 12.5 Å². The number of carbonyl (C=O) groups excluding carboxylic acids is 1. The first-order valence-electron chi connectivity index (χ1n) is 7.66. The highest BCUT2D eigenvalue weighted by atomic mass is 16.5. The number of rotatable bonds is 7. The summed E-state index contributed by atoms with van der Waals surface area (Å²) in [6.07, 6.45) is 6.28. The molecule has 0 aliphatic heterocycles. The number of aryl methyl sites for hydroxylation is 1. The summed E-state index contributed by atoms with van der Waals surface area (Å²) >= 11 is 0. The molecule has 1 N–H and O–H groups in total. The third kappa shape index (κ3) is 4.10. The first kappa shape index (κ1) is 15.1. The molecule has 23 heavy (non-hydrogen) atoms. The molecular formula is C18H19N3O2. The largest absolute Gasteiger partial charge is 0.483 e. The Morgan fingerprint density at radius 3 is 2.91 bits per heavy atom. The molecule has 0 radical (unpaired) electrons.